The van der Waals surface area contributed by atoms with Crippen molar-refractivity contribution in [3.63, 3.8) is 0 Å². The van der Waals surface area contributed by atoms with E-state index in [0.717, 1.165) is 0 Å². The van der Waals surface area contributed by atoms with E-state index in [0.29, 0.717) is 6.72 Å². The van der Waals surface area contributed by atoms with Crippen molar-refractivity contribution in [2.75, 3.05) is 0 Å². The van der Waals surface area contributed by atoms with Gasteiger partial charge in [-0.1, -0.05) is 0 Å². The van der Waals surface area contributed by atoms with Crippen LogP contribution in [-0.4, -0.2) is 16.2 Å². The van der Waals surface area contributed by atoms with Gasteiger partial charge in [-0.15, -0.1) is 0 Å². The van der Waals surface area contributed by atoms with Crippen LogP contribution in [0.5, 0.6) is 0 Å². The SMILES string of the molecule is C[C](C)(C)[Sb]([I])[C](C)(C)C. The Labute approximate surface area is 82.2 Å². The van der Waals surface area contributed by atoms with Crippen LogP contribution in [0.3, 0.4) is 0 Å². The second kappa shape index (κ2) is 3.51. The molecular weight excluding hydrogens is 345 g/mol. The van der Waals surface area contributed by atoms with E-state index in [9.17, 15) is 0 Å². The molecule has 0 atom stereocenters. The predicted octanol–water partition coefficient (Wildman–Crippen LogP) is 4.01. The number of rotatable bonds is 0. The van der Waals surface area contributed by atoms with Crippen molar-refractivity contribution in [3.05, 3.63) is 0 Å². The summed E-state index contributed by atoms with van der Waals surface area (Å²) in [6.45, 7) is 14.3. The summed E-state index contributed by atoms with van der Waals surface area (Å²) in [5.41, 5.74) is 0. The van der Waals surface area contributed by atoms with E-state index in [-0.39, 0.29) is 0 Å². The molecule has 0 aliphatic carbocycles. The molecule has 0 saturated carbocycles. The second-order valence-electron chi connectivity index (χ2n) is 4.62. The van der Waals surface area contributed by atoms with Crippen molar-refractivity contribution in [1.82, 2.24) is 0 Å². The molecule has 0 nitrogen and oxygen atoms in total. The maximum absolute atomic E-state index is 2.74. The molecule has 0 spiro atoms. The number of halogens is 1. The van der Waals surface area contributed by atoms with Crippen molar-refractivity contribution < 1.29 is 0 Å². The normalized spacial score (nSPS) is 14.4. The minimum absolute atomic E-state index is 0.613. The van der Waals surface area contributed by atoms with E-state index >= 15 is 0 Å². The Balaban J connectivity index is 4.23. The van der Waals surface area contributed by atoms with Crippen molar-refractivity contribution in [2.24, 2.45) is 0 Å². The molecule has 10 heavy (non-hydrogen) atoms. The van der Waals surface area contributed by atoms with Crippen LogP contribution in [0.2, 0.25) is 6.72 Å². The zero-order chi connectivity index (χ0) is 8.58. The summed E-state index contributed by atoms with van der Waals surface area (Å²) < 4.78 is 1.23. The summed E-state index contributed by atoms with van der Waals surface area (Å²) in [4.78, 5) is 0. The van der Waals surface area contributed by atoms with E-state index in [4.69, 9.17) is 0 Å². The maximum atomic E-state index is 2.74. The molecule has 0 heterocycles. The van der Waals surface area contributed by atoms with Gasteiger partial charge in [0.2, 0.25) is 0 Å². The van der Waals surface area contributed by atoms with Gasteiger partial charge in [-0.25, -0.2) is 0 Å². The molecule has 0 saturated heterocycles. The van der Waals surface area contributed by atoms with Gasteiger partial charge in [0, 0.05) is 0 Å². The van der Waals surface area contributed by atoms with Crippen molar-refractivity contribution in [1.29, 1.82) is 0 Å². The third-order valence-corrected chi connectivity index (χ3v) is 27.3. The molecule has 0 N–H and O–H groups in total. The summed E-state index contributed by atoms with van der Waals surface area (Å²) in [6, 6.07) is 0. The summed E-state index contributed by atoms with van der Waals surface area (Å²) in [6.07, 6.45) is 0. The zero-order valence-corrected chi connectivity index (χ0v) is 12.5. The fourth-order valence-corrected chi connectivity index (χ4v) is 6.75. The van der Waals surface area contributed by atoms with Gasteiger partial charge in [0.15, 0.2) is 0 Å². The molecule has 0 radical (unpaired) electrons. The molecule has 0 aromatic rings. The number of hydrogen-bond donors (Lipinski definition) is 0. The molecule has 2 heteroatoms. The van der Waals surface area contributed by atoms with Gasteiger partial charge >= 0.3 is 83.0 Å². The predicted molar refractivity (Wildman–Crippen MR) is 59.2 cm³/mol. The molecule has 0 aromatic carbocycles. The van der Waals surface area contributed by atoms with Crippen LogP contribution in [0.15, 0.2) is 0 Å². The molecule has 0 unspecified atom stereocenters. The molecule has 0 aliphatic heterocycles. The topological polar surface area (TPSA) is 0 Å². The van der Waals surface area contributed by atoms with Gasteiger partial charge in [-0.05, 0) is 0 Å². The van der Waals surface area contributed by atoms with Crippen molar-refractivity contribution in [2.45, 2.75) is 48.3 Å². The van der Waals surface area contributed by atoms with Crippen LogP contribution < -0.4 is 0 Å². The van der Waals surface area contributed by atoms with Crippen LogP contribution in [0.1, 0.15) is 41.5 Å². The van der Waals surface area contributed by atoms with E-state index in [2.05, 4.69) is 60.0 Å². The minimum atomic E-state index is -1.04. The first kappa shape index (κ1) is 11.5. The van der Waals surface area contributed by atoms with Gasteiger partial charge in [0.05, 0.1) is 0 Å². The molecule has 62 valence electrons. The standard InChI is InChI=1S/2C4H9.HI.Sb/c2*1-4(2)3;;/h2*1-3H3;1H;/q;;;+1/p-1. The fourth-order valence-electron chi connectivity index (χ4n) is 1.01. The number of hydrogen-bond acceptors (Lipinski definition) is 0. The van der Waals surface area contributed by atoms with E-state index in [1.165, 1.54) is 0 Å². The molecule has 0 aromatic heterocycles. The first-order valence-electron chi connectivity index (χ1n) is 3.62. The van der Waals surface area contributed by atoms with E-state index in [1.54, 1.807) is 0 Å². The summed E-state index contributed by atoms with van der Waals surface area (Å²) >= 11 is 1.70. The van der Waals surface area contributed by atoms with Gasteiger partial charge in [0.25, 0.3) is 0 Å². The zero-order valence-electron chi connectivity index (χ0n) is 7.83. The van der Waals surface area contributed by atoms with Gasteiger partial charge in [0.1, 0.15) is 0 Å². The fraction of sp³-hybridized carbons (Fsp3) is 1.00. The average molecular weight is 363 g/mol. The summed E-state index contributed by atoms with van der Waals surface area (Å²) in [5.74, 6) is 0. The van der Waals surface area contributed by atoms with E-state index in [1.807, 2.05) is 0 Å². The third kappa shape index (κ3) is 3.80. The molecule has 0 rings (SSSR count). The Morgan fingerprint density at radius 3 is 1.00 bits per heavy atom. The van der Waals surface area contributed by atoms with Crippen LogP contribution in [0, 0.1) is 0 Å². The monoisotopic (exact) mass is 362 g/mol. The van der Waals surface area contributed by atoms with E-state index < -0.39 is 16.2 Å². The first-order chi connectivity index (χ1) is 4.15. The van der Waals surface area contributed by atoms with Crippen LogP contribution in [0.4, 0.5) is 0 Å². The van der Waals surface area contributed by atoms with Crippen molar-refractivity contribution in [3.8, 4) is 0 Å². The van der Waals surface area contributed by atoms with Crippen molar-refractivity contribution >= 4 is 34.7 Å². The van der Waals surface area contributed by atoms with Gasteiger partial charge in [-0.2, -0.15) is 0 Å². The summed E-state index contributed by atoms with van der Waals surface area (Å²) in [5, 5.41) is 0. The molecule has 0 amide bonds. The summed E-state index contributed by atoms with van der Waals surface area (Å²) in [7, 11) is 0. The van der Waals surface area contributed by atoms with Gasteiger partial charge < -0.3 is 0 Å². The van der Waals surface area contributed by atoms with Crippen LogP contribution >= 0.6 is 18.5 Å². The quantitative estimate of drug-likeness (QED) is 0.451. The Morgan fingerprint density at radius 1 is 0.800 bits per heavy atom. The average Bonchev–Trinajstić information content (AvgIpc) is 1.59. The van der Waals surface area contributed by atoms with Crippen LogP contribution in [-0.2, 0) is 0 Å². The second-order valence-corrected chi connectivity index (χ2v) is 20.4. The third-order valence-electron chi connectivity index (χ3n) is 1.18. The molecular formula is C8H18ISb. The Kier molecular flexibility index (Phi) is 4.06. The molecule has 0 bridgehead atoms. The molecule has 0 fully saturated rings. The Morgan fingerprint density at radius 2 is 1.00 bits per heavy atom. The van der Waals surface area contributed by atoms with Crippen LogP contribution in [0.25, 0.3) is 0 Å². The Hall–Kier alpha value is 1.55. The Bertz CT molecular complexity index is 93.4. The van der Waals surface area contributed by atoms with Gasteiger partial charge in [-0.3, -0.25) is 0 Å². The molecule has 0 aliphatic rings. The first-order valence-corrected chi connectivity index (χ1v) is 13.6.